The first-order valence-corrected chi connectivity index (χ1v) is 13.6. The zero-order valence-corrected chi connectivity index (χ0v) is 21.4. The van der Waals surface area contributed by atoms with E-state index >= 15 is 0 Å². The van der Waals surface area contributed by atoms with Crippen molar-refractivity contribution in [2.45, 2.75) is 105 Å². The smallest absolute Gasteiger partial charge is 0.116 e. The Morgan fingerprint density at radius 2 is 0.750 bits per heavy atom. The second kappa shape index (κ2) is 16.8. The van der Waals surface area contributed by atoms with Gasteiger partial charge >= 0.3 is 0 Å². The van der Waals surface area contributed by atoms with E-state index in [0.717, 1.165) is 12.6 Å². The van der Waals surface area contributed by atoms with E-state index < -0.39 is 0 Å². The second-order valence-corrected chi connectivity index (χ2v) is 10.3. The molecule has 2 N–H and O–H groups in total. The Morgan fingerprint density at radius 1 is 0.562 bits per heavy atom. The van der Waals surface area contributed by atoms with Crippen molar-refractivity contribution in [3.05, 3.63) is 0 Å². The molecule has 0 aliphatic heterocycles. The van der Waals surface area contributed by atoms with Crippen LogP contribution in [0.4, 0.5) is 0 Å². The summed E-state index contributed by atoms with van der Waals surface area (Å²) in [7, 11) is 0. The van der Waals surface area contributed by atoms with Crippen LogP contribution in [-0.4, -0.2) is 36.0 Å². The number of carbonyl (C=O) groups excluding carboxylic acids is 2. The van der Waals surface area contributed by atoms with Crippen molar-refractivity contribution < 1.29 is 19.8 Å². The highest BCUT2D eigenvalue weighted by atomic mass is 16.3. The summed E-state index contributed by atoms with van der Waals surface area (Å²) < 4.78 is 0. The predicted octanol–water partition coefficient (Wildman–Crippen LogP) is 6.07. The fourth-order valence-electron chi connectivity index (χ4n) is 8.04. The van der Waals surface area contributed by atoms with Gasteiger partial charge < -0.3 is 19.8 Å². The van der Waals surface area contributed by atoms with Gasteiger partial charge in [0.2, 0.25) is 0 Å². The quantitative estimate of drug-likeness (QED) is 0.437. The number of rotatable bonds is 0. The molecule has 6 aliphatic carbocycles. The van der Waals surface area contributed by atoms with E-state index in [1.54, 1.807) is 90.9 Å². The molecule has 6 fully saturated rings. The van der Waals surface area contributed by atoms with Crippen LogP contribution in [-0.2, 0) is 9.59 Å². The van der Waals surface area contributed by atoms with Crippen LogP contribution in [0.5, 0.6) is 0 Å². The van der Waals surface area contributed by atoms with Crippen molar-refractivity contribution in [3.8, 4) is 0 Å². The van der Waals surface area contributed by atoms with Crippen molar-refractivity contribution in [1.82, 2.24) is 0 Å². The molecule has 188 valence electrons. The van der Waals surface area contributed by atoms with Gasteiger partial charge in [-0.25, -0.2) is 0 Å². The Hall–Kier alpha value is -0.740. The Kier molecular flexibility index (Phi) is 15.4. The molecule has 8 unspecified atom stereocenters. The first kappa shape index (κ1) is 29.3. The normalized spacial score (nSPS) is 37.9. The first-order valence-electron chi connectivity index (χ1n) is 13.6. The van der Waals surface area contributed by atoms with Crippen LogP contribution in [0.1, 0.15) is 105 Å². The van der Waals surface area contributed by atoms with Crippen molar-refractivity contribution in [2.24, 2.45) is 47.3 Å². The van der Waals surface area contributed by atoms with Crippen molar-refractivity contribution in [1.29, 1.82) is 0 Å². The van der Waals surface area contributed by atoms with Gasteiger partial charge in [0.25, 0.3) is 0 Å². The molecule has 0 radical (unpaired) electrons. The van der Waals surface area contributed by atoms with E-state index in [0.29, 0.717) is 0 Å². The molecule has 0 aromatic rings. The molecule has 4 nitrogen and oxygen atoms in total. The van der Waals surface area contributed by atoms with Gasteiger partial charge in [-0.05, 0) is 139 Å². The number of hydrogen-bond acceptors (Lipinski definition) is 4. The topological polar surface area (TPSA) is 74.6 Å². The minimum atomic E-state index is 0.250. The molecule has 6 aliphatic rings. The lowest BCUT2D eigenvalue weighted by Gasteiger charge is -2.23. The van der Waals surface area contributed by atoms with E-state index in [9.17, 15) is 0 Å². The maximum absolute atomic E-state index is 8.81. The predicted molar refractivity (Wildman–Crippen MR) is 132 cm³/mol. The highest BCUT2D eigenvalue weighted by molar-refractivity contribution is 5.44. The monoisotopic (exact) mass is 452 g/mol. The number of fused-ring (bicyclic) bond motifs is 10. The van der Waals surface area contributed by atoms with Crippen LogP contribution in [0.2, 0.25) is 0 Å². The van der Waals surface area contributed by atoms with Crippen LogP contribution < -0.4 is 0 Å². The molecule has 6 saturated carbocycles. The molecule has 0 saturated heterocycles. The SMILES string of the molecule is C1CC2C3CCC(C3)C2C1.C1CC2C3CCC(C3)C2C1.CC=O.CC=O.CCO.CCO. The number of aliphatic hydroxyl groups is 2. The third-order valence-corrected chi connectivity index (χ3v) is 8.70. The number of hydrogen-bond donors (Lipinski definition) is 2. The van der Waals surface area contributed by atoms with Crippen LogP contribution in [0.25, 0.3) is 0 Å². The highest BCUT2D eigenvalue weighted by Crippen LogP contribution is 2.59. The van der Waals surface area contributed by atoms with E-state index in [1.807, 2.05) is 0 Å². The van der Waals surface area contributed by atoms with Gasteiger partial charge in [-0.15, -0.1) is 0 Å². The fraction of sp³-hybridized carbons (Fsp3) is 0.929. The van der Waals surface area contributed by atoms with Crippen molar-refractivity contribution in [2.75, 3.05) is 13.2 Å². The molecule has 0 spiro atoms. The molecule has 0 aromatic carbocycles. The van der Waals surface area contributed by atoms with Gasteiger partial charge in [0.1, 0.15) is 12.6 Å². The summed E-state index contributed by atoms with van der Waals surface area (Å²) in [6.07, 6.45) is 20.6. The summed E-state index contributed by atoms with van der Waals surface area (Å²) in [5, 5.41) is 15.1. The lowest BCUT2D eigenvalue weighted by molar-refractivity contribution is -0.106. The lowest BCUT2D eigenvalue weighted by atomic mass is 9.82. The Bertz CT molecular complexity index is 418. The molecule has 8 atom stereocenters. The van der Waals surface area contributed by atoms with E-state index in [4.69, 9.17) is 19.8 Å². The van der Waals surface area contributed by atoms with Crippen molar-refractivity contribution in [3.63, 3.8) is 0 Å². The lowest BCUT2D eigenvalue weighted by Crippen LogP contribution is -2.15. The first-order chi connectivity index (χ1) is 15.6. The third-order valence-electron chi connectivity index (χ3n) is 8.70. The highest BCUT2D eigenvalue weighted by Gasteiger charge is 2.49. The summed E-state index contributed by atoms with van der Waals surface area (Å²) in [4.78, 5) is 17.6. The minimum Gasteiger partial charge on any atom is -0.397 e. The summed E-state index contributed by atoms with van der Waals surface area (Å²) in [6, 6.07) is 0. The second-order valence-electron chi connectivity index (χ2n) is 10.3. The summed E-state index contributed by atoms with van der Waals surface area (Å²) in [6.45, 7) is 6.75. The average molecular weight is 453 g/mol. The number of carbonyl (C=O) groups is 2. The molecule has 4 bridgehead atoms. The zero-order chi connectivity index (χ0) is 23.9. The summed E-state index contributed by atoms with van der Waals surface area (Å²) >= 11 is 0. The average Bonchev–Trinajstić information content (AvgIpc) is 3.60. The molecular formula is C28H52O4. The fourth-order valence-corrected chi connectivity index (χ4v) is 8.04. The Balaban J connectivity index is 0.000000219. The zero-order valence-electron chi connectivity index (χ0n) is 21.4. The molecule has 4 heteroatoms. The van der Waals surface area contributed by atoms with Crippen LogP contribution in [0.3, 0.4) is 0 Å². The molecule has 0 aromatic heterocycles. The van der Waals surface area contributed by atoms with Gasteiger partial charge in [0.05, 0.1) is 0 Å². The minimum absolute atomic E-state index is 0.250. The van der Waals surface area contributed by atoms with E-state index in [1.165, 1.54) is 61.2 Å². The maximum Gasteiger partial charge on any atom is 0.116 e. The van der Waals surface area contributed by atoms with Gasteiger partial charge in [0, 0.05) is 13.2 Å². The molecule has 0 amide bonds. The number of aliphatic hydroxyl groups excluding tert-OH is 2. The maximum atomic E-state index is 8.81. The van der Waals surface area contributed by atoms with Crippen molar-refractivity contribution >= 4 is 12.6 Å². The van der Waals surface area contributed by atoms with Crippen LogP contribution >= 0.6 is 0 Å². The molecule has 32 heavy (non-hydrogen) atoms. The standard InChI is InChI=1S/2C10H16.2C2H6O.2C2H4O/c2*1-2-9-7-4-5-8(6-7)10(9)3-1;4*1-2-3/h2*7-10H,1-6H2;2*3H,2H2,1H3;2*2H,1H3. The van der Waals surface area contributed by atoms with Gasteiger partial charge in [0.15, 0.2) is 0 Å². The van der Waals surface area contributed by atoms with Gasteiger partial charge in [-0.3, -0.25) is 0 Å². The summed E-state index contributed by atoms with van der Waals surface area (Å²) in [5.41, 5.74) is 0. The van der Waals surface area contributed by atoms with Gasteiger partial charge in [-0.1, -0.05) is 12.8 Å². The van der Waals surface area contributed by atoms with Crippen LogP contribution in [0.15, 0.2) is 0 Å². The van der Waals surface area contributed by atoms with E-state index in [2.05, 4.69) is 0 Å². The molecule has 6 rings (SSSR count). The number of aldehydes is 2. The van der Waals surface area contributed by atoms with E-state index in [-0.39, 0.29) is 13.2 Å². The molecule has 0 heterocycles. The van der Waals surface area contributed by atoms with Gasteiger partial charge in [-0.2, -0.15) is 0 Å². The largest absolute Gasteiger partial charge is 0.397 e. The van der Waals surface area contributed by atoms with Crippen LogP contribution in [0, 0.1) is 47.3 Å². The Morgan fingerprint density at radius 3 is 0.938 bits per heavy atom. The third kappa shape index (κ3) is 8.24. The summed E-state index contributed by atoms with van der Waals surface area (Å²) in [5.74, 6) is 9.60. The molecular weight excluding hydrogens is 400 g/mol. The Labute approximate surface area is 197 Å².